The van der Waals surface area contributed by atoms with Gasteiger partial charge in [-0.2, -0.15) is 13.2 Å². The summed E-state index contributed by atoms with van der Waals surface area (Å²) < 4.78 is 66.7. The van der Waals surface area contributed by atoms with E-state index in [1.165, 1.54) is 35.3 Å². The van der Waals surface area contributed by atoms with Gasteiger partial charge in [-0.15, -0.1) is 5.10 Å². The lowest BCUT2D eigenvalue weighted by Gasteiger charge is -2.25. The Morgan fingerprint density at radius 1 is 1.21 bits per heavy atom. The van der Waals surface area contributed by atoms with Crippen LogP contribution in [0.25, 0.3) is 5.69 Å². The van der Waals surface area contributed by atoms with Crippen molar-refractivity contribution in [2.45, 2.75) is 35.6 Å². The molecule has 2 aromatic rings. The third-order valence-electron chi connectivity index (χ3n) is 5.47. The molecule has 0 spiro atoms. The molecule has 2 aliphatic rings. The van der Waals surface area contributed by atoms with E-state index >= 15 is 0 Å². The SMILES string of the molecule is O=C(N1CCC(S(=O)(=O)c2ccc(-n3cnc(Cl)n3)cc2)C1)C1(C(F)(F)F)CC1. The lowest BCUT2D eigenvalue weighted by Crippen LogP contribution is -2.43. The number of carbonyl (C=O) groups excluding carboxylic acids is 1. The van der Waals surface area contributed by atoms with Crippen LogP contribution in [0.3, 0.4) is 0 Å². The molecule has 12 heteroatoms. The van der Waals surface area contributed by atoms with Gasteiger partial charge in [-0.05, 0) is 55.1 Å². The quantitative estimate of drug-likeness (QED) is 0.717. The molecule has 1 aromatic heterocycles. The Labute approximate surface area is 169 Å². The van der Waals surface area contributed by atoms with Crippen LogP contribution in [-0.2, 0) is 14.6 Å². The predicted octanol–water partition coefficient (Wildman–Crippen LogP) is 2.64. The molecular weight excluding hydrogens is 433 g/mol. The van der Waals surface area contributed by atoms with Crippen molar-refractivity contribution in [2.24, 2.45) is 5.41 Å². The van der Waals surface area contributed by atoms with Gasteiger partial charge in [0.1, 0.15) is 11.7 Å². The monoisotopic (exact) mass is 448 g/mol. The number of carbonyl (C=O) groups is 1. The summed E-state index contributed by atoms with van der Waals surface area (Å²) in [6.07, 6.45) is -3.61. The second-order valence-electron chi connectivity index (χ2n) is 7.24. The lowest BCUT2D eigenvalue weighted by atomic mass is 10.1. The van der Waals surface area contributed by atoms with Gasteiger partial charge in [0, 0.05) is 13.1 Å². The molecule has 2 heterocycles. The summed E-state index contributed by atoms with van der Waals surface area (Å²) in [5, 5.41) is 3.02. The molecule has 1 aliphatic heterocycles. The van der Waals surface area contributed by atoms with Gasteiger partial charge in [0.2, 0.25) is 11.2 Å². The number of aromatic nitrogens is 3. The van der Waals surface area contributed by atoms with Crippen LogP contribution < -0.4 is 0 Å². The van der Waals surface area contributed by atoms with Crippen molar-refractivity contribution in [3.63, 3.8) is 0 Å². The first-order valence-corrected chi connectivity index (χ1v) is 10.7. The van der Waals surface area contributed by atoms with Crippen molar-refractivity contribution in [2.75, 3.05) is 13.1 Å². The highest BCUT2D eigenvalue weighted by Crippen LogP contribution is 2.58. The zero-order valence-electron chi connectivity index (χ0n) is 14.9. The summed E-state index contributed by atoms with van der Waals surface area (Å²) in [7, 11) is -3.81. The summed E-state index contributed by atoms with van der Waals surface area (Å²) in [6, 6.07) is 5.84. The number of rotatable bonds is 4. The van der Waals surface area contributed by atoms with E-state index in [-0.39, 0.29) is 42.5 Å². The van der Waals surface area contributed by atoms with Crippen molar-refractivity contribution < 1.29 is 26.4 Å². The molecule has 0 N–H and O–H groups in total. The fraction of sp³-hybridized carbons (Fsp3) is 0.471. The number of likely N-dealkylation sites (tertiary alicyclic amines) is 1. The molecule has 4 rings (SSSR count). The molecule has 1 atom stereocenters. The predicted molar refractivity (Wildman–Crippen MR) is 96.3 cm³/mol. The Hall–Kier alpha value is -2.14. The van der Waals surface area contributed by atoms with E-state index in [9.17, 15) is 26.4 Å². The third kappa shape index (κ3) is 3.39. The maximum atomic E-state index is 13.2. The van der Waals surface area contributed by atoms with E-state index in [4.69, 9.17) is 11.6 Å². The average Bonchev–Trinajstić information content (AvgIpc) is 3.14. The minimum Gasteiger partial charge on any atom is -0.341 e. The van der Waals surface area contributed by atoms with Gasteiger partial charge in [0.05, 0.1) is 15.8 Å². The minimum absolute atomic E-state index is 0.00387. The van der Waals surface area contributed by atoms with Crippen molar-refractivity contribution >= 4 is 27.3 Å². The highest BCUT2D eigenvalue weighted by atomic mass is 35.5. The molecule has 29 heavy (non-hydrogen) atoms. The summed E-state index contributed by atoms with van der Waals surface area (Å²) >= 11 is 5.66. The Morgan fingerprint density at radius 3 is 2.38 bits per heavy atom. The fourth-order valence-corrected chi connectivity index (χ4v) is 5.38. The molecule has 0 radical (unpaired) electrons. The number of hydrogen-bond acceptors (Lipinski definition) is 5. The van der Waals surface area contributed by atoms with Gasteiger partial charge in [-0.25, -0.2) is 18.1 Å². The van der Waals surface area contributed by atoms with Crippen molar-refractivity contribution in [1.82, 2.24) is 19.7 Å². The van der Waals surface area contributed by atoms with Crippen LogP contribution >= 0.6 is 11.6 Å². The lowest BCUT2D eigenvalue weighted by molar-refractivity contribution is -0.197. The van der Waals surface area contributed by atoms with E-state index in [0.717, 1.165) is 4.90 Å². The molecule has 1 aliphatic carbocycles. The van der Waals surface area contributed by atoms with Crippen LogP contribution in [0.1, 0.15) is 19.3 Å². The fourth-order valence-electron chi connectivity index (χ4n) is 3.56. The van der Waals surface area contributed by atoms with E-state index in [1.54, 1.807) is 0 Å². The van der Waals surface area contributed by atoms with Crippen LogP contribution in [0.4, 0.5) is 13.2 Å². The highest BCUT2D eigenvalue weighted by Gasteiger charge is 2.69. The van der Waals surface area contributed by atoms with E-state index in [2.05, 4.69) is 10.1 Å². The van der Waals surface area contributed by atoms with Crippen molar-refractivity contribution in [3.8, 4) is 5.69 Å². The Morgan fingerprint density at radius 2 is 1.86 bits per heavy atom. The van der Waals surface area contributed by atoms with Crippen LogP contribution in [0, 0.1) is 5.41 Å². The molecule has 1 aromatic carbocycles. The normalized spacial score (nSPS) is 21.4. The van der Waals surface area contributed by atoms with Gasteiger partial charge >= 0.3 is 6.18 Å². The first kappa shape index (κ1) is 20.1. The Kier molecular flexibility index (Phi) is 4.65. The number of nitrogens with zero attached hydrogens (tertiary/aromatic N) is 4. The molecule has 1 amide bonds. The van der Waals surface area contributed by atoms with Crippen LogP contribution in [0.2, 0.25) is 5.28 Å². The second-order valence-corrected chi connectivity index (χ2v) is 9.80. The number of amides is 1. The molecule has 0 bridgehead atoms. The molecule has 1 saturated heterocycles. The van der Waals surface area contributed by atoms with Crippen LogP contribution in [-0.4, -0.2) is 58.5 Å². The molecule has 156 valence electrons. The Bertz CT molecular complexity index is 1050. The minimum atomic E-state index is -4.61. The zero-order chi connectivity index (χ0) is 21.0. The van der Waals surface area contributed by atoms with Crippen LogP contribution in [0.5, 0.6) is 0 Å². The molecule has 2 fully saturated rings. The highest BCUT2D eigenvalue weighted by molar-refractivity contribution is 7.92. The Balaban J connectivity index is 1.49. The first-order valence-electron chi connectivity index (χ1n) is 8.82. The molecule has 1 saturated carbocycles. The standard InChI is InChI=1S/C17H16ClF3N4O3S/c18-15-22-10-25(23-15)11-1-3-12(4-2-11)29(27,28)13-5-8-24(9-13)14(26)16(6-7-16)17(19,20)21/h1-4,10,13H,5-9H2. The van der Waals surface area contributed by atoms with Crippen LogP contribution in [0.15, 0.2) is 35.5 Å². The number of hydrogen-bond donors (Lipinski definition) is 0. The second kappa shape index (κ2) is 6.69. The van der Waals surface area contributed by atoms with Gasteiger partial charge < -0.3 is 4.90 Å². The zero-order valence-corrected chi connectivity index (χ0v) is 16.5. The van der Waals surface area contributed by atoms with Gasteiger partial charge in [0.15, 0.2) is 9.84 Å². The summed E-state index contributed by atoms with van der Waals surface area (Å²) in [5.74, 6) is -1.01. The number of alkyl halides is 3. The number of halogens is 4. The molecule has 7 nitrogen and oxygen atoms in total. The van der Waals surface area contributed by atoms with Gasteiger partial charge in [-0.1, -0.05) is 0 Å². The average molecular weight is 449 g/mol. The first-order chi connectivity index (χ1) is 13.5. The van der Waals surface area contributed by atoms with E-state index in [0.29, 0.717) is 5.69 Å². The summed E-state index contributed by atoms with van der Waals surface area (Å²) in [5.41, 5.74) is -1.78. The smallest absolute Gasteiger partial charge is 0.341 e. The number of benzene rings is 1. The largest absolute Gasteiger partial charge is 0.403 e. The molecular formula is C17H16ClF3N4O3S. The van der Waals surface area contributed by atoms with E-state index in [1.807, 2.05) is 0 Å². The topological polar surface area (TPSA) is 85.2 Å². The summed E-state index contributed by atoms with van der Waals surface area (Å²) in [4.78, 5) is 17.2. The van der Waals surface area contributed by atoms with Gasteiger partial charge in [-0.3, -0.25) is 4.79 Å². The van der Waals surface area contributed by atoms with Crippen molar-refractivity contribution in [1.29, 1.82) is 0 Å². The van der Waals surface area contributed by atoms with Crippen molar-refractivity contribution in [3.05, 3.63) is 35.9 Å². The third-order valence-corrected chi connectivity index (χ3v) is 7.83. The van der Waals surface area contributed by atoms with Gasteiger partial charge in [0.25, 0.3) is 0 Å². The van der Waals surface area contributed by atoms with E-state index < -0.39 is 32.6 Å². The number of sulfone groups is 1. The maximum Gasteiger partial charge on any atom is 0.403 e. The maximum absolute atomic E-state index is 13.2. The molecule has 1 unspecified atom stereocenters. The summed E-state index contributed by atoms with van der Waals surface area (Å²) in [6.45, 7) is -0.241.